The number of nitrogens with zero attached hydrogens (tertiary/aromatic N) is 2. The Bertz CT molecular complexity index is 368. The van der Waals surface area contributed by atoms with Crippen molar-refractivity contribution in [1.82, 2.24) is 10.3 Å². The highest BCUT2D eigenvalue weighted by Crippen LogP contribution is 2.31. The first-order valence-electron chi connectivity index (χ1n) is 6.63. The second-order valence-electron chi connectivity index (χ2n) is 4.94. The maximum atomic E-state index is 11.9. The molecule has 0 bridgehead atoms. The summed E-state index contributed by atoms with van der Waals surface area (Å²) in [5, 5.41) is 9.95. The van der Waals surface area contributed by atoms with Gasteiger partial charge >= 0.3 is 5.97 Å². The van der Waals surface area contributed by atoms with Crippen LogP contribution in [0.3, 0.4) is 0 Å². The second-order valence-corrected chi connectivity index (χ2v) is 4.94. The fourth-order valence-corrected chi connectivity index (χ4v) is 2.84. The first-order valence-corrected chi connectivity index (χ1v) is 6.63. The number of rotatable bonds is 3. The summed E-state index contributed by atoms with van der Waals surface area (Å²) >= 11 is 0. The Morgan fingerprint density at radius 2 is 2.44 bits per heavy atom. The zero-order valence-corrected chi connectivity index (χ0v) is 10.6. The molecule has 6 heteroatoms. The van der Waals surface area contributed by atoms with E-state index in [1.807, 2.05) is 6.92 Å². The van der Waals surface area contributed by atoms with Gasteiger partial charge in [0, 0.05) is 12.5 Å². The molecule has 0 aromatic rings. The van der Waals surface area contributed by atoms with Crippen molar-refractivity contribution in [2.24, 2.45) is 11.0 Å². The normalized spacial score (nSPS) is 31.6. The van der Waals surface area contributed by atoms with Crippen LogP contribution in [0, 0.1) is 5.92 Å². The van der Waals surface area contributed by atoms with E-state index in [0.29, 0.717) is 24.4 Å². The highest BCUT2D eigenvalue weighted by molar-refractivity contribution is 6.38. The minimum Gasteiger partial charge on any atom is -0.461 e. The molecule has 2 saturated heterocycles. The number of fused-ring (bicyclic) bond motifs is 1. The lowest BCUT2D eigenvalue weighted by Gasteiger charge is -2.40. The molecule has 3 aliphatic rings. The molecule has 100 valence electrons. The zero-order valence-electron chi connectivity index (χ0n) is 10.6. The largest absolute Gasteiger partial charge is 0.461 e. The maximum absolute atomic E-state index is 11.9. The SMILES string of the molecule is CCOC(=O)C1=NN(C2COC2)C2CCNCC12. The van der Waals surface area contributed by atoms with Gasteiger partial charge in [-0.2, -0.15) is 5.10 Å². The molecule has 0 radical (unpaired) electrons. The fraction of sp³-hybridized carbons (Fsp3) is 0.833. The van der Waals surface area contributed by atoms with E-state index in [4.69, 9.17) is 9.47 Å². The topological polar surface area (TPSA) is 63.2 Å². The van der Waals surface area contributed by atoms with Crippen molar-refractivity contribution in [3.05, 3.63) is 0 Å². The molecule has 3 heterocycles. The van der Waals surface area contributed by atoms with E-state index in [1.165, 1.54) is 0 Å². The molecule has 0 aromatic carbocycles. The maximum Gasteiger partial charge on any atom is 0.354 e. The van der Waals surface area contributed by atoms with Crippen LogP contribution in [0.25, 0.3) is 0 Å². The highest BCUT2D eigenvalue weighted by Gasteiger charge is 2.46. The van der Waals surface area contributed by atoms with Crippen molar-refractivity contribution in [3.63, 3.8) is 0 Å². The number of carbonyl (C=O) groups is 1. The standard InChI is InChI=1S/C12H19N3O3/c1-2-18-12(16)11-9-5-13-4-3-10(9)15(14-11)8-6-17-7-8/h8-10,13H,2-7H2,1H3. The van der Waals surface area contributed by atoms with Crippen LogP contribution < -0.4 is 5.32 Å². The Hall–Kier alpha value is -1.14. The van der Waals surface area contributed by atoms with Crippen LogP contribution in [-0.4, -0.2) is 61.7 Å². The van der Waals surface area contributed by atoms with Crippen LogP contribution in [0.5, 0.6) is 0 Å². The van der Waals surface area contributed by atoms with Gasteiger partial charge in [0.25, 0.3) is 0 Å². The number of ether oxygens (including phenoxy) is 2. The molecular formula is C12H19N3O3. The summed E-state index contributed by atoms with van der Waals surface area (Å²) in [5.41, 5.74) is 0.584. The van der Waals surface area contributed by atoms with Crippen molar-refractivity contribution in [2.45, 2.75) is 25.4 Å². The van der Waals surface area contributed by atoms with Gasteiger partial charge in [-0.15, -0.1) is 0 Å². The minimum atomic E-state index is -0.265. The van der Waals surface area contributed by atoms with Gasteiger partial charge in [0.05, 0.1) is 31.9 Å². The van der Waals surface area contributed by atoms with Crippen LogP contribution in [0.2, 0.25) is 0 Å². The van der Waals surface area contributed by atoms with E-state index < -0.39 is 0 Å². The number of piperidine rings is 1. The van der Waals surface area contributed by atoms with Gasteiger partial charge in [-0.3, -0.25) is 5.01 Å². The third kappa shape index (κ3) is 1.89. The molecule has 3 rings (SSSR count). The molecule has 18 heavy (non-hydrogen) atoms. The van der Waals surface area contributed by atoms with Crippen molar-refractivity contribution in [1.29, 1.82) is 0 Å². The monoisotopic (exact) mass is 253 g/mol. The van der Waals surface area contributed by atoms with Crippen molar-refractivity contribution < 1.29 is 14.3 Å². The molecule has 3 aliphatic heterocycles. The molecule has 6 nitrogen and oxygen atoms in total. The summed E-state index contributed by atoms with van der Waals surface area (Å²) in [6.45, 7) is 5.45. The van der Waals surface area contributed by atoms with Crippen LogP contribution in [0.4, 0.5) is 0 Å². The molecule has 2 atom stereocenters. The Balaban J connectivity index is 1.79. The van der Waals surface area contributed by atoms with Gasteiger partial charge in [0.1, 0.15) is 0 Å². The van der Waals surface area contributed by atoms with E-state index in [9.17, 15) is 4.79 Å². The molecule has 0 saturated carbocycles. The van der Waals surface area contributed by atoms with Crippen LogP contribution in [0.1, 0.15) is 13.3 Å². The Labute approximate surface area is 106 Å². The molecule has 1 N–H and O–H groups in total. The van der Waals surface area contributed by atoms with Crippen LogP contribution >= 0.6 is 0 Å². The third-order valence-corrected chi connectivity index (χ3v) is 3.84. The van der Waals surface area contributed by atoms with Gasteiger partial charge in [0.15, 0.2) is 5.71 Å². The lowest BCUT2D eigenvalue weighted by atomic mass is 9.89. The smallest absolute Gasteiger partial charge is 0.354 e. The first kappa shape index (κ1) is 11.9. The summed E-state index contributed by atoms with van der Waals surface area (Å²) < 4.78 is 10.3. The van der Waals surface area contributed by atoms with Crippen molar-refractivity contribution in [3.8, 4) is 0 Å². The summed E-state index contributed by atoms with van der Waals surface area (Å²) in [5.74, 6) is -0.0997. The summed E-state index contributed by atoms with van der Waals surface area (Å²) in [7, 11) is 0. The van der Waals surface area contributed by atoms with E-state index in [1.54, 1.807) is 0 Å². The molecule has 2 fully saturated rings. The number of carbonyl (C=O) groups excluding carboxylic acids is 1. The van der Waals surface area contributed by atoms with Gasteiger partial charge in [-0.25, -0.2) is 4.79 Å². The number of hydrogen-bond acceptors (Lipinski definition) is 6. The van der Waals surface area contributed by atoms with Gasteiger partial charge < -0.3 is 14.8 Å². The van der Waals surface area contributed by atoms with Crippen molar-refractivity contribution in [2.75, 3.05) is 32.9 Å². The minimum absolute atomic E-state index is 0.165. The van der Waals surface area contributed by atoms with E-state index in [-0.39, 0.29) is 11.9 Å². The van der Waals surface area contributed by atoms with Gasteiger partial charge in [-0.05, 0) is 19.9 Å². The average molecular weight is 253 g/mol. The van der Waals surface area contributed by atoms with Gasteiger partial charge in [-0.1, -0.05) is 0 Å². The first-order chi connectivity index (χ1) is 8.81. The Kier molecular flexibility index (Phi) is 3.22. The Morgan fingerprint density at radius 3 is 3.11 bits per heavy atom. The highest BCUT2D eigenvalue weighted by atomic mass is 16.5. The lowest BCUT2D eigenvalue weighted by molar-refractivity contribution is -0.135. The Morgan fingerprint density at radius 1 is 1.61 bits per heavy atom. The van der Waals surface area contributed by atoms with Gasteiger partial charge in [0.2, 0.25) is 0 Å². The molecule has 0 aromatic heterocycles. The average Bonchev–Trinajstić information content (AvgIpc) is 2.68. The third-order valence-electron chi connectivity index (χ3n) is 3.84. The second kappa shape index (κ2) is 4.85. The van der Waals surface area contributed by atoms with Crippen LogP contribution in [-0.2, 0) is 14.3 Å². The fourth-order valence-electron chi connectivity index (χ4n) is 2.84. The summed E-state index contributed by atoms with van der Waals surface area (Å²) in [4.78, 5) is 11.9. The molecule has 0 amide bonds. The number of hydrazone groups is 1. The van der Waals surface area contributed by atoms with E-state index in [2.05, 4.69) is 15.4 Å². The number of esters is 1. The number of nitrogens with one attached hydrogen (secondary N) is 1. The summed E-state index contributed by atoms with van der Waals surface area (Å²) in [6, 6.07) is 0.669. The molecule has 0 spiro atoms. The summed E-state index contributed by atoms with van der Waals surface area (Å²) in [6.07, 6.45) is 1.02. The van der Waals surface area contributed by atoms with Crippen molar-refractivity contribution >= 4 is 11.7 Å². The predicted molar refractivity (Wildman–Crippen MR) is 65.3 cm³/mol. The molecular weight excluding hydrogens is 234 g/mol. The zero-order chi connectivity index (χ0) is 12.5. The lowest BCUT2D eigenvalue weighted by Crippen LogP contribution is -2.54. The van der Waals surface area contributed by atoms with Crippen LogP contribution in [0.15, 0.2) is 5.10 Å². The molecule has 2 unspecified atom stereocenters. The van der Waals surface area contributed by atoms with E-state index >= 15 is 0 Å². The van der Waals surface area contributed by atoms with E-state index in [0.717, 1.165) is 32.7 Å². The quantitative estimate of drug-likeness (QED) is 0.693. The number of hydrogen-bond donors (Lipinski definition) is 1. The predicted octanol–water partition coefficient (Wildman–Crippen LogP) is -0.402. The molecule has 0 aliphatic carbocycles.